The largest absolute Gasteiger partial charge is 0.493 e. The van der Waals surface area contributed by atoms with Gasteiger partial charge in [-0.2, -0.15) is 0 Å². The van der Waals surface area contributed by atoms with Crippen molar-refractivity contribution in [1.82, 2.24) is 0 Å². The molecule has 0 amide bonds. The first-order chi connectivity index (χ1) is 14.5. The van der Waals surface area contributed by atoms with Gasteiger partial charge in [-0.3, -0.25) is 0 Å². The van der Waals surface area contributed by atoms with Crippen LogP contribution in [0, 0.1) is 0 Å². The van der Waals surface area contributed by atoms with Crippen molar-refractivity contribution in [2.45, 2.75) is 26.4 Å². The standard InChI is InChI=1S/C25H24O5/c1-18(2)29-24(26)20-11-13-22(14-12-20)30-25(27)21-9-6-10-23(17-21)28-16-15-19-7-4-3-5-8-19/h3-14,17-18H,15-16H2,1-2H3. The topological polar surface area (TPSA) is 61.8 Å². The molecule has 0 aromatic heterocycles. The predicted molar refractivity (Wildman–Crippen MR) is 114 cm³/mol. The third-order valence-corrected chi connectivity index (χ3v) is 4.22. The number of carbonyl (C=O) groups excluding carboxylic acids is 2. The zero-order valence-corrected chi connectivity index (χ0v) is 17.0. The van der Waals surface area contributed by atoms with E-state index in [1.54, 1.807) is 62.4 Å². The summed E-state index contributed by atoms with van der Waals surface area (Å²) in [5.41, 5.74) is 1.97. The van der Waals surface area contributed by atoms with Crippen molar-refractivity contribution in [2.75, 3.05) is 6.61 Å². The van der Waals surface area contributed by atoms with Gasteiger partial charge in [0.05, 0.1) is 23.8 Å². The fourth-order valence-electron chi connectivity index (χ4n) is 2.75. The van der Waals surface area contributed by atoms with Gasteiger partial charge in [0.1, 0.15) is 11.5 Å². The van der Waals surface area contributed by atoms with Gasteiger partial charge < -0.3 is 14.2 Å². The molecule has 3 rings (SSSR count). The lowest BCUT2D eigenvalue weighted by Gasteiger charge is -2.10. The van der Waals surface area contributed by atoms with Gasteiger partial charge in [-0.1, -0.05) is 36.4 Å². The molecule has 0 saturated heterocycles. The molecule has 5 nitrogen and oxygen atoms in total. The van der Waals surface area contributed by atoms with Gasteiger partial charge in [0, 0.05) is 6.42 Å². The minimum atomic E-state index is -0.499. The van der Waals surface area contributed by atoms with E-state index in [9.17, 15) is 9.59 Å². The van der Waals surface area contributed by atoms with Crippen LogP contribution >= 0.6 is 0 Å². The first-order valence-electron chi connectivity index (χ1n) is 9.81. The molecule has 0 aliphatic carbocycles. The Kier molecular flexibility index (Phi) is 7.22. The van der Waals surface area contributed by atoms with Crippen LogP contribution in [-0.4, -0.2) is 24.6 Å². The van der Waals surface area contributed by atoms with Crippen molar-refractivity contribution in [3.8, 4) is 11.5 Å². The lowest BCUT2D eigenvalue weighted by molar-refractivity contribution is 0.0378. The Morgan fingerprint density at radius 1 is 0.767 bits per heavy atom. The van der Waals surface area contributed by atoms with Crippen LogP contribution in [0.25, 0.3) is 0 Å². The molecular weight excluding hydrogens is 380 g/mol. The zero-order chi connectivity index (χ0) is 21.3. The summed E-state index contributed by atoms with van der Waals surface area (Å²) < 4.78 is 16.3. The average molecular weight is 404 g/mol. The number of hydrogen-bond acceptors (Lipinski definition) is 5. The summed E-state index contributed by atoms with van der Waals surface area (Å²) in [6, 6.07) is 23.2. The minimum absolute atomic E-state index is 0.197. The summed E-state index contributed by atoms with van der Waals surface area (Å²) in [4.78, 5) is 24.3. The highest BCUT2D eigenvalue weighted by Crippen LogP contribution is 2.18. The molecular formula is C25H24O5. The highest BCUT2D eigenvalue weighted by molar-refractivity contribution is 5.92. The Hall–Kier alpha value is -3.60. The molecule has 0 heterocycles. The molecule has 0 atom stereocenters. The number of benzene rings is 3. The minimum Gasteiger partial charge on any atom is -0.493 e. The second-order valence-electron chi connectivity index (χ2n) is 6.98. The highest BCUT2D eigenvalue weighted by Gasteiger charge is 2.12. The van der Waals surface area contributed by atoms with Gasteiger partial charge in [-0.15, -0.1) is 0 Å². The van der Waals surface area contributed by atoms with Gasteiger partial charge in [-0.05, 0) is 61.9 Å². The molecule has 0 spiro atoms. The van der Waals surface area contributed by atoms with Crippen molar-refractivity contribution in [3.63, 3.8) is 0 Å². The second kappa shape index (κ2) is 10.3. The number of hydrogen-bond donors (Lipinski definition) is 0. The van der Waals surface area contributed by atoms with Crippen molar-refractivity contribution in [1.29, 1.82) is 0 Å². The molecule has 30 heavy (non-hydrogen) atoms. The number of ether oxygens (including phenoxy) is 3. The third-order valence-electron chi connectivity index (χ3n) is 4.22. The summed E-state index contributed by atoms with van der Waals surface area (Å²) in [5.74, 6) is 0.0351. The number of esters is 2. The molecule has 3 aromatic rings. The van der Waals surface area contributed by atoms with E-state index in [1.165, 1.54) is 5.56 Å². The van der Waals surface area contributed by atoms with Crippen LogP contribution in [0.2, 0.25) is 0 Å². The van der Waals surface area contributed by atoms with Gasteiger partial charge in [0.25, 0.3) is 0 Å². The van der Waals surface area contributed by atoms with Crippen LogP contribution in [0.3, 0.4) is 0 Å². The van der Waals surface area contributed by atoms with Crippen LogP contribution in [0.5, 0.6) is 11.5 Å². The Morgan fingerprint density at radius 2 is 1.50 bits per heavy atom. The van der Waals surface area contributed by atoms with Crippen LogP contribution in [0.1, 0.15) is 40.1 Å². The molecule has 0 N–H and O–H groups in total. The summed E-state index contributed by atoms with van der Waals surface area (Å²) >= 11 is 0. The molecule has 0 radical (unpaired) electrons. The molecule has 154 valence electrons. The van der Waals surface area contributed by atoms with Crippen molar-refractivity contribution in [3.05, 3.63) is 95.6 Å². The van der Waals surface area contributed by atoms with Crippen LogP contribution < -0.4 is 9.47 Å². The van der Waals surface area contributed by atoms with Crippen LogP contribution in [0.4, 0.5) is 0 Å². The van der Waals surface area contributed by atoms with Crippen LogP contribution in [-0.2, 0) is 11.2 Å². The maximum atomic E-state index is 12.5. The number of carbonyl (C=O) groups is 2. The normalized spacial score (nSPS) is 10.5. The van der Waals surface area contributed by atoms with E-state index in [1.807, 2.05) is 30.3 Å². The lowest BCUT2D eigenvalue weighted by atomic mass is 10.2. The molecule has 0 aliphatic heterocycles. The first-order valence-corrected chi connectivity index (χ1v) is 9.81. The summed E-state index contributed by atoms with van der Waals surface area (Å²) in [5, 5.41) is 0. The van der Waals surface area contributed by atoms with E-state index in [0.29, 0.717) is 29.2 Å². The Bertz CT molecular complexity index is 978. The van der Waals surface area contributed by atoms with E-state index in [2.05, 4.69) is 0 Å². The van der Waals surface area contributed by atoms with E-state index in [0.717, 1.165) is 6.42 Å². The monoisotopic (exact) mass is 404 g/mol. The number of rotatable bonds is 8. The van der Waals surface area contributed by atoms with E-state index in [4.69, 9.17) is 14.2 Å². The zero-order valence-electron chi connectivity index (χ0n) is 17.0. The third kappa shape index (κ3) is 6.21. The van der Waals surface area contributed by atoms with Crippen molar-refractivity contribution < 1.29 is 23.8 Å². The highest BCUT2D eigenvalue weighted by atomic mass is 16.5. The fourth-order valence-corrected chi connectivity index (χ4v) is 2.75. The Morgan fingerprint density at radius 3 is 2.20 bits per heavy atom. The van der Waals surface area contributed by atoms with Crippen molar-refractivity contribution >= 4 is 11.9 Å². The maximum absolute atomic E-state index is 12.5. The molecule has 0 bridgehead atoms. The quantitative estimate of drug-likeness (QED) is 0.386. The Labute approximate surface area is 176 Å². The summed E-state index contributed by atoms with van der Waals surface area (Å²) in [7, 11) is 0. The van der Waals surface area contributed by atoms with Gasteiger partial charge >= 0.3 is 11.9 Å². The summed E-state index contributed by atoms with van der Waals surface area (Å²) in [6.07, 6.45) is 0.582. The average Bonchev–Trinajstić information content (AvgIpc) is 2.75. The maximum Gasteiger partial charge on any atom is 0.343 e. The molecule has 3 aromatic carbocycles. The van der Waals surface area contributed by atoms with Crippen LogP contribution in [0.15, 0.2) is 78.9 Å². The molecule has 0 unspecified atom stereocenters. The molecule has 5 heteroatoms. The Balaban J connectivity index is 1.56. The smallest absolute Gasteiger partial charge is 0.343 e. The summed E-state index contributed by atoms with van der Waals surface area (Å²) in [6.45, 7) is 4.08. The van der Waals surface area contributed by atoms with E-state index in [-0.39, 0.29) is 6.10 Å². The molecule has 0 saturated carbocycles. The lowest BCUT2D eigenvalue weighted by Crippen LogP contribution is -2.12. The SMILES string of the molecule is CC(C)OC(=O)c1ccc(OC(=O)c2cccc(OCCc3ccccc3)c2)cc1. The molecule has 0 aliphatic rings. The van der Waals surface area contributed by atoms with Gasteiger partial charge in [-0.25, -0.2) is 9.59 Å². The van der Waals surface area contributed by atoms with E-state index >= 15 is 0 Å². The van der Waals surface area contributed by atoms with Gasteiger partial charge in [0.15, 0.2) is 0 Å². The van der Waals surface area contributed by atoms with Gasteiger partial charge in [0.2, 0.25) is 0 Å². The molecule has 0 fully saturated rings. The first kappa shape index (κ1) is 21.1. The van der Waals surface area contributed by atoms with E-state index < -0.39 is 11.9 Å². The van der Waals surface area contributed by atoms with Crippen molar-refractivity contribution in [2.24, 2.45) is 0 Å². The fraction of sp³-hybridized carbons (Fsp3) is 0.200. The predicted octanol–water partition coefficient (Wildman–Crippen LogP) is 5.09. The second-order valence-corrected chi connectivity index (χ2v) is 6.98.